The summed E-state index contributed by atoms with van der Waals surface area (Å²) in [7, 11) is 0. The molecule has 0 atom stereocenters. The van der Waals surface area contributed by atoms with E-state index in [9.17, 15) is 10.1 Å². The number of nitrogens with zero attached hydrogens (tertiary/aromatic N) is 4. The van der Waals surface area contributed by atoms with Crippen LogP contribution in [0.1, 0.15) is 5.89 Å². The van der Waals surface area contributed by atoms with Crippen molar-refractivity contribution in [3.63, 3.8) is 0 Å². The van der Waals surface area contributed by atoms with E-state index >= 15 is 0 Å². The van der Waals surface area contributed by atoms with Crippen LogP contribution in [0.3, 0.4) is 0 Å². The van der Waals surface area contributed by atoms with Gasteiger partial charge in [0.1, 0.15) is 4.92 Å². The normalized spacial score (nSPS) is 10.6. The van der Waals surface area contributed by atoms with Crippen molar-refractivity contribution in [3.05, 3.63) is 58.7 Å². The maximum atomic E-state index is 10.5. The van der Waals surface area contributed by atoms with Crippen molar-refractivity contribution in [3.8, 4) is 11.6 Å². The van der Waals surface area contributed by atoms with Crippen LogP contribution in [0, 0.1) is 10.1 Å². The Balaban J connectivity index is 1.81. The lowest BCUT2D eigenvalue weighted by atomic mass is 10.4. The van der Waals surface area contributed by atoms with E-state index in [2.05, 4.69) is 10.1 Å². The van der Waals surface area contributed by atoms with Crippen LogP contribution in [-0.2, 0) is 6.54 Å². The Bertz CT molecular complexity index is 735. The van der Waals surface area contributed by atoms with Crippen molar-refractivity contribution in [2.45, 2.75) is 6.54 Å². The van der Waals surface area contributed by atoms with E-state index in [1.54, 1.807) is 0 Å². The third-order valence-electron chi connectivity index (χ3n) is 2.56. The zero-order chi connectivity index (χ0) is 13.9. The number of aromatic nitrogens is 3. The Morgan fingerprint density at radius 1 is 1.25 bits per heavy atom. The maximum Gasteiger partial charge on any atom is 0.433 e. The van der Waals surface area contributed by atoms with Gasteiger partial charge in [0, 0.05) is 12.1 Å². The van der Waals surface area contributed by atoms with Crippen LogP contribution in [0.15, 0.2) is 51.7 Å². The van der Waals surface area contributed by atoms with Gasteiger partial charge in [0.15, 0.2) is 18.2 Å². The van der Waals surface area contributed by atoms with Gasteiger partial charge in [-0.2, -0.15) is 9.55 Å². The van der Waals surface area contributed by atoms with Crippen molar-refractivity contribution in [2.75, 3.05) is 0 Å². The molecule has 0 fully saturated rings. The lowest BCUT2D eigenvalue weighted by Gasteiger charge is -1.89. The molecular formula is C12H9N4O4+. The van der Waals surface area contributed by atoms with Crippen LogP contribution >= 0.6 is 0 Å². The highest BCUT2D eigenvalue weighted by atomic mass is 16.6. The van der Waals surface area contributed by atoms with E-state index < -0.39 is 4.92 Å². The number of hydrogen-bond donors (Lipinski definition) is 0. The highest BCUT2D eigenvalue weighted by Crippen LogP contribution is 2.23. The van der Waals surface area contributed by atoms with Gasteiger partial charge in [0.2, 0.25) is 12.4 Å². The van der Waals surface area contributed by atoms with Crippen LogP contribution in [0.4, 0.5) is 5.88 Å². The summed E-state index contributed by atoms with van der Waals surface area (Å²) in [4.78, 5) is 14.0. The van der Waals surface area contributed by atoms with Crippen LogP contribution in [0.5, 0.6) is 0 Å². The first-order chi connectivity index (χ1) is 9.72. The number of pyridine rings is 1. The largest absolute Gasteiger partial charge is 0.433 e. The second kappa shape index (κ2) is 4.92. The standard InChI is InChI=1S/C12H9N4O4/c17-16(18)11-5-4-9(19-11)12-13-10(20-14-12)8-15-6-2-1-3-7-15/h1-7H,8H2/q+1. The summed E-state index contributed by atoms with van der Waals surface area (Å²) in [5.74, 6) is 0.411. The van der Waals surface area contributed by atoms with Crippen LogP contribution < -0.4 is 4.57 Å². The second-order valence-electron chi connectivity index (χ2n) is 3.95. The van der Waals surface area contributed by atoms with Gasteiger partial charge in [-0.3, -0.25) is 10.1 Å². The Labute approximate surface area is 112 Å². The number of rotatable bonds is 4. The zero-order valence-electron chi connectivity index (χ0n) is 10.2. The third kappa shape index (κ3) is 2.39. The molecule has 0 unspecified atom stereocenters. The van der Waals surface area contributed by atoms with E-state index in [0.717, 1.165) is 0 Å². The van der Waals surface area contributed by atoms with E-state index in [-0.39, 0.29) is 17.5 Å². The highest BCUT2D eigenvalue weighted by Gasteiger charge is 2.18. The molecule has 0 saturated carbocycles. The van der Waals surface area contributed by atoms with E-state index in [0.29, 0.717) is 12.4 Å². The van der Waals surface area contributed by atoms with Gasteiger partial charge in [-0.25, -0.2) is 0 Å². The topological polar surface area (TPSA) is 99.1 Å². The molecule has 0 radical (unpaired) electrons. The van der Waals surface area contributed by atoms with Crippen molar-refractivity contribution in [1.82, 2.24) is 10.1 Å². The fourth-order valence-corrected chi connectivity index (χ4v) is 1.66. The second-order valence-corrected chi connectivity index (χ2v) is 3.95. The average molecular weight is 273 g/mol. The van der Waals surface area contributed by atoms with Crippen molar-refractivity contribution in [2.24, 2.45) is 0 Å². The number of furan rings is 1. The molecule has 0 aliphatic rings. The molecule has 0 saturated heterocycles. The fraction of sp³-hybridized carbons (Fsp3) is 0.0833. The highest BCUT2D eigenvalue weighted by molar-refractivity contribution is 5.47. The SMILES string of the molecule is O=[N+]([O-])c1ccc(-c2noc(C[n+]3ccccc3)n2)o1. The van der Waals surface area contributed by atoms with Gasteiger partial charge in [-0.05, 0) is 6.07 Å². The maximum absolute atomic E-state index is 10.5. The summed E-state index contributed by atoms with van der Waals surface area (Å²) in [5, 5.41) is 14.3. The van der Waals surface area contributed by atoms with Crippen molar-refractivity contribution < 1.29 is 18.4 Å². The first kappa shape index (κ1) is 12.0. The van der Waals surface area contributed by atoms with Gasteiger partial charge in [0.05, 0.1) is 6.07 Å². The van der Waals surface area contributed by atoms with Crippen molar-refractivity contribution >= 4 is 5.88 Å². The summed E-state index contributed by atoms with van der Waals surface area (Å²) in [5.41, 5.74) is 0. The quantitative estimate of drug-likeness (QED) is 0.406. The van der Waals surface area contributed by atoms with Crippen LogP contribution in [0.25, 0.3) is 11.6 Å². The third-order valence-corrected chi connectivity index (χ3v) is 2.56. The molecule has 20 heavy (non-hydrogen) atoms. The summed E-state index contributed by atoms with van der Waals surface area (Å²) < 4.78 is 11.9. The molecule has 0 aliphatic heterocycles. The minimum absolute atomic E-state index is 0.185. The molecular weight excluding hydrogens is 264 g/mol. The van der Waals surface area contributed by atoms with Gasteiger partial charge in [-0.1, -0.05) is 11.2 Å². The molecule has 0 amide bonds. The minimum Gasteiger partial charge on any atom is -0.397 e. The molecule has 3 rings (SSSR count). The Morgan fingerprint density at radius 3 is 2.75 bits per heavy atom. The number of hydrogen-bond acceptors (Lipinski definition) is 6. The van der Waals surface area contributed by atoms with E-state index in [1.807, 2.05) is 35.2 Å². The van der Waals surface area contributed by atoms with Gasteiger partial charge < -0.3 is 8.94 Å². The fourth-order valence-electron chi connectivity index (χ4n) is 1.66. The van der Waals surface area contributed by atoms with Crippen molar-refractivity contribution in [1.29, 1.82) is 0 Å². The Hall–Kier alpha value is -3.03. The molecule has 8 nitrogen and oxygen atoms in total. The summed E-state index contributed by atoms with van der Waals surface area (Å²) in [6.07, 6.45) is 3.73. The molecule has 100 valence electrons. The Morgan fingerprint density at radius 2 is 2.05 bits per heavy atom. The first-order valence-corrected chi connectivity index (χ1v) is 5.73. The molecule has 0 spiro atoms. The van der Waals surface area contributed by atoms with Crippen LogP contribution in [-0.4, -0.2) is 15.1 Å². The molecule has 0 aliphatic carbocycles. The summed E-state index contributed by atoms with van der Waals surface area (Å²) >= 11 is 0. The predicted octanol–water partition coefficient (Wildman–Crippen LogP) is 1.57. The summed E-state index contributed by atoms with van der Waals surface area (Å²) in [6.45, 7) is 0.413. The molecule has 0 aromatic carbocycles. The minimum atomic E-state index is -0.621. The molecule has 0 N–H and O–H groups in total. The molecule has 0 bridgehead atoms. The lowest BCUT2D eigenvalue weighted by molar-refractivity contribution is -0.690. The molecule has 3 aromatic rings. The van der Waals surface area contributed by atoms with Gasteiger partial charge in [0.25, 0.3) is 5.89 Å². The van der Waals surface area contributed by atoms with E-state index in [4.69, 9.17) is 8.94 Å². The number of nitro groups is 1. The van der Waals surface area contributed by atoms with Gasteiger partial charge >= 0.3 is 5.88 Å². The lowest BCUT2D eigenvalue weighted by Crippen LogP contribution is -2.32. The summed E-state index contributed by atoms with van der Waals surface area (Å²) in [6, 6.07) is 8.35. The smallest absolute Gasteiger partial charge is 0.397 e. The molecule has 8 heteroatoms. The molecule has 3 aromatic heterocycles. The zero-order valence-corrected chi connectivity index (χ0v) is 10.2. The monoisotopic (exact) mass is 273 g/mol. The van der Waals surface area contributed by atoms with Crippen LogP contribution in [0.2, 0.25) is 0 Å². The molecule has 3 heterocycles. The average Bonchev–Trinajstić information content (AvgIpc) is 3.08. The van der Waals surface area contributed by atoms with Gasteiger partial charge in [-0.15, -0.1) is 0 Å². The predicted molar refractivity (Wildman–Crippen MR) is 64.4 cm³/mol. The first-order valence-electron chi connectivity index (χ1n) is 5.73. The van der Waals surface area contributed by atoms with E-state index in [1.165, 1.54) is 12.1 Å². The Kier molecular flexibility index (Phi) is 2.96.